The first-order chi connectivity index (χ1) is 15.1. The largest absolute Gasteiger partial charge is 0.495 e. The quantitative estimate of drug-likeness (QED) is 0.403. The van der Waals surface area contributed by atoms with Crippen molar-refractivity contribution in [1.29, 1.82) is 0 Å². The van der Waals surface area contributed by atoms with E-state index >= 15 is 0 Å². The average molecular weight is 514 g/mol. The minimum Gasteiger partial charge on any atom is -0.495 e. The molecule has 0 radical (unpaired) electrons. The van der Waals surface area contributed by atoms with E-state index in [4.69, 9.17) is 20.8 Å². The van der Waals surface area contributed by atoms with Gasteiger partial charge < -0.3 is 19.8 Å². The van der Waals surface area contributed by atoms with Gasteiger partial charge in [-0.1, -0.05) is 11.6 Å². The smallest absolute Gasteiger partial charge is 0.263 e. The van der Waals surface area contributed by atoms with Crippen LogP contribution in [0.2, 0.25) is 5.02 Å². The lowest BCUT2D eigenvalue weighted by molar-refractivity contribution is -0.117. The fourth-order valence-corrected chi connectivity index (χ4v) is 4.52. The predicted molar refractivity (Wildman–Crippen MR) is 132 cm³/mol. The van der Waals surface area contributed by atoms with Gasteiger partial charge in [0, 0.05) is 11.3 Å². The number of carbonyl (C=O) groups excluding carboxylic acids is 1. The number of rotatable bonds is 8. The second-order valence-corrected chi connectivity index (χ2v) is 9.13. The van der Waals surface area contributed by atoms with E-state index in [-0.39, 0.29) is 39.7 Å². The van der Waals surface area contributed by atoms with Crippen molar-refractivity contribution >= 4 is 51.3 Å². The fourth-order valence-electron chi connectivity index (χ4n) is 2.91. The standard InChI is InChI=1S/C22H24ClN3O5S.ClH/c1-13-5-8-19(31-13)15-6-10-21(17(23)11-15)32(28,29)26-18-12-16(7-9-20(18)30-4)25-22(27)14(2)24-3;/h5-12,14,24,26H,1-4H3,(H,25,27);1H/t14-;/m1./s1. The summed E-state index contributed by atoms with van der Waals surface area (Å²) in [7, 11) is -0.969. The van der Waals surface area contributed by atoms with E-state index in [1.165, 1.54) is 25.3 Å². The highest BCUT2D eigenvalue weighted by molar-refractivity contribution is 7.92. The first kappa shape index (κ1) is 26.5. The van der Waals surface area contributed by atoms with E-state index in [1.54, 1.807) is 38.2 Å². The maximum absolute atomic E-state index is 13.1. The van der Waals surface area contributed by atoms with Crippen molar-refractivity contribution in [2.24, 2.45) is 0 Å². The molecular formula is C22H25Cl2N3O5S. The van der Waals surface area contributed by atoms with Gasteiger partial charge in [0.1, 0.15) is 22.2 Å². The first-order valence-corrected chi connectivity index (χ1v) is 11.6. The second kappa shape index (κ2) is 10.9. The molecule has 1 heterocycles. The van der Waals surface area contributed by atoms with Crippen LogP contribution >= 0.6 is 24.0 Å². The minimum atomic E-state index is -4.05. The Hall–Kier alpha value is -2.72. The molecule has 33 heavy (non-hydrogen) atoms. The van der Waals surface area contributed by atoms with Crippen LogP contribution in [0, 0.1) is 6.92 Å². The van der Waals surface area contributed by atoms with Gasteiger partial charge >= 0.3 is 0 Å². The summed E-state index contributed by atoms with van der Waals surface area (Å²) in [4.78, 5) is 12.0. The molecule has 0 saturated heterocycles. The summed E-state index contributed by atoms with van der Waals surface area (Å²) in [6.07, 6.45) is 0. The third kappa shape index (κ3) is 6.20. The van der Waals surface area contributed by atoms with Gasteiger partial charge in [0.25, 0.3) is 10.0 Å². The van der Waals surface area contributed by atoms with Crippen molar-refractivity contribution in [2.45, 2.75) is 24.8 Å². The van der Waals surface area contributed by atoms with E-state index in [0.29, 0.717) is 17.0 Å². The third-order valence-corrected chi connectivity index (χ3v) is 6.63. The van der Waals surface area contributed by atoms with Crippen LogP contribution in [0.25, 0.3) is 11.3 Å². The van der Waals surface area contributed by atoms with Crippen molar-refractivity contribution in [3.8, 4) is 17.1 Å². The number of benzene rings is 2. The van der Waals surface area contributed by atoms with Gasteiger partial charge in [-0.15, -0.1) is 12.4 Å². The topological polar surface area (TPSA) is 110 Å². The maximum Gasteiger partial charge on any atom is 0.263 e. The molecule has 0 unspecified atom stereocenters. The number of anilines is 2. The first-order valence-electron chi connectivity index (χ1n) is 9.70. The zero-order chi connectivity index (χ0) is 23.5. The summed E-state index contributed by atoms with van der Waals surface area (Å²) in [5, 5.41) is 5.59. The van der Waals surface area contributed by atoms with Crippen molar-refractivity contribution in [2.75, 3.05) is 24.2 Å². The highest BCUT2D eigenvalue weighted by atomic mass is 35.5. The molecule has 3 aromatic rings. The molecule has 1 aromatic heterocycles. The molecule has 0 aliphatic heterocycles. The molecular weight excluding hydrogens is 489 g/mol. The van der Waals surface area contributed by atoms with Crippen molar-refractivity contribution < 1.29 is 22.4 Å². The van der Waals surface area contributed by atoms with Crippen molar-refractivity contribution in [3.63, 3.8) is 0 Å². The monoisotopic (exact) mass is 513 g/mol. The lowest BCUT2D eigenvalue weighted by atomic mass is 10.2. The summed E-state index contributed by atoms with van der Waals surface area (Å²) in [5.41, 5.74) is 1.22. The number of hydrogen-bond acceptors (Lipinski definition) is 6. The van der Waals surface area contributed by atoms with Gasteiger partial charge in [-0.25, -0.2) is 8.42 Å². The molecule has 3 N–H and O–H groups in total. The van der Waals surface area contributed by atoms with Crippen LogP contribution in [0.5, 0.6) is 5.75 Å². The minimum absolute atomic E-state index is 0. The van der Waals surface area contributed by atoms with Crippen LogP contribution in [-0.4, -0.2) is 34.5 Å². The Bertz CT molecular complexity index is 1240. The van der Waals surface area contributed by atoms with Crippen LogP contribution in [0.15, 0.2) is 57.8 Å². The molecule has 1 atom stereocenters. The molecule has 2 aromatic carbocycles. The van der Waals surface area contributed by atoms with Gasteiger partial charge in [0.2, 0.25) is 5.91 Å². The Balaban J connectivity index is 0.00000385. The van der Waals surface area contributed by atoms with Crippen molar-refractivity contribution in [1.82, 2.24) is 5.32 Å². The lowest BCUT2D eigenvalue weighted by Crippen LogP contribution is -2.35. The number of carbonyl (C=O) groups is 1. The zero-order valence-electron chi connectivity index (χ0n) is 18.4. The Morgan fingerprint density at radius 3 is 2.42 bits per heavy atom. The molecule has 0 spiro atoms. The Kier molecular flexibility index (Phi) is 8.79. The normalized spacial score (nSPS) is 11.9. The molecule has 178 valence electrons. The van der Waals surface area contributed by atoms with E-state index in [0.717, 1.165) is 5.76 Å². The van der Waals surface area contributed by atoms with Gasteiger partial charge in [0.15, 0.2) is 0 Å². The molecule has 0 bridgehead atoms. The van der Waals surface area contributed by atoms with Crippen LogP contribution in [-0.2, 0) is 14.8 Å². The second-order valence-electron chi connectivity index (χ2n) is 7.08. The summed E-state index contributed by atoms with van der Waals surface area (Å²) < 4.78 is 39.4. The molecule has 0 saturated carbocycles. The Morgan fingerprint density at radius 2 is 1.85 bits per heavy atom. The number of hydrogen-bond donors (Lipinski definition) is 3. The lowest BCUT2D eigenvalue weighted by Gasteiger charge is -2.16. The highest BCUT2D eigenvalue weighted by Crippen LogP contribution is 2.33. The summed E-state index contributed by atoms with van der Waals surface area (Å²) in [6, 6.07) is 12.4. The third-order valence-electron chi connectivity index (χ3n) is 4.78. The molecule has 3 rings (SSSR count). The van der Waals surface area contributed by atoms with E-state index in [2.05, 4.69) is 15.4 Å². The van der Waals surface area contributed by atoms with E-state index < -0.39 is 16.1 Å². The molecule has 0 aliphatic rings. The van der Waals surface area contributed by atoms with Gasteiger partial charge in [0.05, 0.1) is 23.9 Å². The van der Waals surface area contributed by atoms with Crippen molar-refractivity contribution in [3.05, 3.63) is 59.3 Å². The SMILES string of the molecule is CN[C@H](C)C(=O)Nc1ccc(OC)c(NS(=O)(=O)c2ccc(-c3ccc(C)o3)cc2Cl)c1.Cl. The number of methoxy groups -OCH3 is 1. The summed E-state index contributed by atoms with van der Waals surface area (Å²) in [6.45, 7) is 3.52. The summed E-state index contributed by atoms with van der Waals surface area (Å²) in [5.74, 6) is 1.34. The number of ether oxygens (including phenoxy) is 1. The maximum atomic E-state index is 13.1. The van der Waals surface area contributed by atoms with Crippen LogP contribution in [0.1, 0.15) is 12.7 Å². The van der Waals surface area contributed by atoms with Crippen LogP contribution in [0.4, 0.5) is 11.4 Å². The zero-order valence-corrected chi connectivity index (χ0v) is 20.8. The molecule has 0 aliphatic carbocycles. The molecule has 0 fully saturated rings. The van der Waals surface area contributed by atoms with Gasteiger partial charge in [-0.05, 0) is 69.4 Å². The Labute approximate surface area is 204 Å². The predicted octanol–water partition coefficient (Wildman–Crippen LogP) is 4.69. The van der Waals surface area contributed by atoms with Gasteiger partial charge in [-0.3, -0.25) is 9.52 Å². The average Bonchev–Trinajstić information content (AvgIpc) is 3.19. The highest BCUT2D eigenvalue weighted by Gasteiger charge is 2.21. The fraction of sp³-hybridized carbons (Fsp3) is 0.227. The molecule has 11 heteroatoms. The Morgan fingerprint density at radius 1 is 1.12 bits per heavy atom. The van der Waals surface area contributed by atoms with E-state index in [1.807, 2.05) is 13.0 Å². The molecule has 1 amide bonds. The summed E-state index contributed by atoms with van der Waals surface area (Å²) >= 11 is 6.31. The number of nitrogens with one attached hydrogen (secondary N) is 3. The number of furan rings is 1. The van der Waals surface area contributed by atoms with Crippen LogP contribution in [0.3, 0.4) is 0 Å². The molecule has 8 nitrogen and oxygen atoms in total. The number of sulfonamides is 1. The number of halogens is 2. The number of amides is 1. The van der Waals surface area contributed by atoms with Gasteiger partial charge in [-0.2, -0.15) is 0 Å². The number of aryl methyl sites for hydroxylation is 1. The van der Waals surface area contributed by atoms with E-state index in [9.17, 15) is 13.2 Å². The van der Waals surface area contributed by atoms with Crippen LogP contribution < -0.4 is 20.1 Å². The number of likely N-dealkylation sites (N-methyl/N-ethyl adjacent to an activating group) is 1.